The van der Waals surface area contributed by atoms with E-state index >= 15 is 0 Å². The van der Waals surface area contributed by atoms with Gasteiger partial charge in [0.1, 0.15) is 11.7 Å². The number of amides is 3. The normalized spacial score (nSPS) is 19.9. The van der Waals surface area contributed by atoms with Crippen LogP contribution in [0.1, 0.15) is 10.5 Å². The minimum absolute atomic E-state index is 0.0124. The second-order valence-corrected chi connectivity index (χ2v) is 6.30. The van der Waals surface area contributed by atoms with Crippen LogP contribution < -0.4 is 11.1 Å². The maximum absolute atomic E-state index is 13.0. The first kappa shape index (κ1) is 16.1. The number of hydrogen-bond donors (Lipinski definition) is 3. The highest BCUT2D eigenvalue weighted by Crippen LogP contribution is 2.29. The average molecular weight is 354 g/mol. The molecular weight excluding hydrogens is 336 g/mol. The molecule has 2 fully saturated rings. The molecule has 4 N–H and O–H groups in total. The van der Waals surface area contributed by atoms with Crippen molar-refractivity contribution in [2.45, 2.75) is 6.04 Å². The predicted octanol–water partition coefficient (Wildman–Crippen LogP) is -0.558. The Morgan fingerprint density at radius 1 is 1.19 bits per heavy atom. The summed E-state index contributed by atoms with van der Waals surface area (Å²) in [4.78, 5) is 40.1. The van der Waals surface area contributed by atoms with E-state index in [4.69, 9.17) is 5.73 Å². The lowest BCUT2D eigenvalue weighted by atomic mass is 10.0. The number of anilines is 1. The molecule has 9 heteroatoms. The van der Waals surface area contributed by atoms with Crippen molar-refractivity contribution in [1.82, 2.24) is 25.3 Å². The Kier molecular flexibility index (Phi) is 3.83. The number of carbonyl (C=O) groups is 3. The standard InChI is InChI=1S/C17H18N6O3/c18-15-13(10-4-2-1-3-5-10)14(20-21-15)17(26)22-6-7-23-11(9-22)16(25)19-8-12(23)24/h1-5,11H,6-9H2,(H,19,25)(H3,18,20,21)/t11-/m0/s1. The van der Waals surface area contributed by atoms with E-state index in [1.807, 2.05) is 30.3 Å². The maximum Gasteiger partial charge on any atom is 0.272 e. The molecule has 0 aliphatic carbocycles. The molecule has 1 aromatic heterocycles. The number of H-pyrrole nitrogens is 1. The zero-order valence-corrected chi connectivity index (χ0v) is 13.9. The van der Waals surface area contributed by atoms with Crippen LogP contribution in [0.25, 0.3) is 11.1 Å². The van der Waals surface area contributed by atoms with Gasteiger partial charge in [0.15, 0.2) is 5.82 Å². The third kappa shape index (κ3) is 2.57. The molecule has 2 aliphatic heterocycles. The van der Waals surface area contributed by atoms with Gasteiger partial charge in [-0.2, -0.15) is 5.10 Å². The Morgan fingerprint density at radius 2 is 1.96 bits per heavy atom. The molecule has 0 saturated carbocycles. The molecule has 2 aromatic rings. The molecule has 3 amide bonds. The zero-order chi connectivity index (χ0) is 18.3. The molecule has 2 saturated heterocycles. The largest absolute Gasteiger partial charge is 0.382 e. The summed E-state index contributed by atoms with van der Waals surface area (Å²) in [5.41, 5.74) is 7.57. The Labute approximate surface area is 149 Å². The van der Waals surface area contributed by atoms with Crippen molar-refractivity contribution in [2.24, 2.45) is 0 Å². The maximum atomic E-state index is 13.0. The van der Waals surface area contributed by atoms with Gasteiger partial charge in [-0.25, -0.2) is 0 Å². The van der Waals surface area contributed by atoms with Gasteiger partial charge in [0.2, 0.25) is 11.8 Å². The van der Waals surface area contributed by atoms with Crippen molar-refractivity contribution in [3.63, 3.8) is 0 Å². The van der Waals surface area contributed by atoms with E-state index in [1.54, 1.807) is 4.90 Å². The summed E-state index contributed by atoms with van der Waals surface area (Å²) in [6, 6.07) is 8.62. The number of fused-ring (bicyclic) bond motifs is 1. The van der Waals surface area contributed by atoms with Crippen molar-refractivity contribution in [3.8, 4) is 11.1 Å². The van der Waals surface area contributed by atoms with Crippen LogP contribution in [0, 0.1) is 0 Å². The van der Waals surface area contributed by atoms with E-state index in [2.05, 4.69) is 15.5 Å². The quantitative estimate of drug-likeness (QED) is 0.667. The van der Waals surface area contributed by atoms with Crippen molar-refractivity contribution >= 4 is 23.5 Å². The molecule has 0 radical (unpaired) electrons. The average Bonchev–Trinajstić information content (AvgIpc) is 3.06. The first-order chi connectivity index (χ1) is 12.6. The highest BCUT2D eigenvalue weighted by molar-refractivity contribution is 6.02. The third-order valence-electron chi connectivity index (χ3n) is 4.78. The van der Waals surface area contributed by atoms with Gasteiger partial charge in [-0.1, -0.05) is 30.3 Å². The number of aromatic nitrogens is 2. The van der Waals surface area contributed by atoms with E-state index < -0.39 is 6.04 Å². The lowest BCUT2D eigenvalue weighted by molar-refractivity contribution is -0.148. The molecule has 1 atom stereocenters. The Hall–Kier alpha value is -3.36. The predicted molar refractivity (Wildman–Crippen MR) is 92.9 cm³/mol. The van der Waals surface area contributed by atoms with Crippen LogP contribution in [-0.2, 0) is 9.59 Å². The summed E-state index contributed by atoms with van der Waals surface area (Å²) < 4.78 is 0. The summed E-state index contributed by atoms with van der Waals surface area (Å²) in [6.45, 7) is 0.830. The van der Waals surface area contributed by atoms with Crippen molar-refractivity contribution in [2.75, 3.05) is 31.9 Å². The molecule has 134 valence electrons. The highest BCUT2D eigenvalue weighted by Gasteiger charge is 2.40. The zero-order valence-electron chi connectivity index (χ0n) is 13.9. The molecule has 1 aromatic carbocycles. The molecule has 0 bridgehead atoms. The molecule has 3 heterocycles. The second kappa shape index (κ2) is 6.17. The minimum Gasteiger partial charge on any atom is -0.382 e. The fourth-order valence-electron chi connectivity index (χ4n) is 3.44. The number of hydrogen-bond acceptors (Lipinski definition) is 5. The number of nitrogens with one attached hydrogen (secondary N) is 2. The van der Waals surface area contributed by atoms with Gasteiger partial charge in [0.25, 0.3) is 5.91 Å². The van der Waals surface area contributed by atoms with Gasteiger partial charge in [-0.05, 0) is 5.56 Å². The summed E-state index contributed by atoms with van der Waals surface area (Å²) in [5, 5.41) is 9.26. The van der Waals surface area contributed by atoms with E-state index in [0.29, 0.717) is 18.7 Å². The fraction of sp³-hybridized carbons (Fsp3) is 0.294. The topological polar surface area (TPSA) is 124 Å². The molecule has 4 rings (SSSR count). The smallest absolute Gasteiger partial charge is 0.272 e. The third-order valence-corrected chi connectivity index (χ3v) is 4.78. The monoisotopic (exact) mass is 354 g/mol. The van der Waals surface area contributed by atoms with Crippen molar-refractivity contribution in [1.29, 1.82) is 0 Å². The number of aromatic amines is 1. The van der Waals surface area contributed by atoms with E-state index in [0.717, 1.165) is 5.56 Å². The summed E-state index contributed by atoms with van der Waals surface area (Å²) in [5.74, 6) is -0.422. The number of rotatable bonds is 2. The van der Waals surface area contributed by atoms with E-state index in [9.17, 15) is 14.4 Å². The van der Waals surface area contributed by atoms with E-state index in [-0.39, 0.29) is 42.3 Å². The molecule has 2 aliphatic rings. The molecule has 26 heavy (non-hydrogen) atoms. The fourth-order valence-corrected chi connectivity index (χ4v) is 3.44. The van der Waals surface area contributed by atoms with Gasteiger partial charge in [0.05, 0.1) is 18.7 Å². The number of nitrogens with two attached hydrogens (primary N) is 1. The Bertz CT molecular complexity index is 878. The molecular formula is C17H18N6O3. The number of piperazine rings is 2. The SMILES string of the molecule is Nc1n[nH]c(C(=O)N2CCN3C(=O)CNC(=O)[C@@H]3C2)c1-c1ccccc1. The minimum atomic E-state index is -0.658. The van der Waals surface area contributed by atoms with Crippen LogP contribution in [0.15, 0.2) is 30.3 Å². The number of benzene rings is 1. The van der Waals surface area contributed by atoms with Gasteiger partial charge in [-0.15, -0.1) is 0 Å². The summed E-state index contributed by atoms with van der Waals surface area (Å²) >= 11 is 0. The first-order valence-corrected chi connectivity index (χ1v) is 8.32. The Morgan fingerprint density at radius 3 is 2.73 bits per heavy atom. The lowest BCUT2D eigenvalue weighted by Crippen LogP contribution is -2.66. The lowest BCUT2D eigenvalue weighted by Gasteiger charge is -2.42. The summed E-state index contributed by atoms with van der Waals surface area (Å²) in [6.07, 6.45) is 0. The molecule has 0 spiro atoms. The van der Waals surface area contributed by atoms with Crippen LogP contribution >= 0.6 is 0 Å². The molecule has 0 unspecified atom stereocenters. The number of nitrogens with zero attached hydrogens (tertiary/aromatic N) is 3. The van der Waals surface area contributed by atoms with E-state index in [1.165, 1.54) is 4.90 Å². The first-order valence-electron chi connectivity index (χ1n) is 8.32. The van der Waals surface area contributed by atoms with Gasteiger partial charge >= 0.3 is 0 Å². The highest BCUT2D eigenvalue weighted by atomic mass is 16.2. The van der Waals surface area contributed by atoms with Crippen molar-refractivity contribution < 1.29 is 14.4 Å². The van der Waals surface area contributed by atoms with Crippen molar-refractivity contribution in [3.05, 3.63) is 36.0 Å². The van der Waals surface area contributed by atoms with Gasteiger partial charge in [-0.3, -0.25) is 19.5 Å². The second-order valence-electron chi connectivity index (χ2n) is 6.30. The summed E-state index contributed by atoms with van der Waals surface area (Å²) in [7, 11) is 0. The van der Waals surface area contributed by atoms with Crippen LogP contribution in [0.5, 0.6) is 0 Å². The number of carbonyl (C=O) groups excluding carboxylic acids is 3. The van der Waals surface area contributed by atoms with Gasteiger partial charge < -0.3 is 20.9 Å². The van der Waals surface area contributed by atoms with Crippen LogP contribution in [-0.4, -0.2) is 69.9 Å². The van der Waals surface area contributed by atoms with Gasteiger partial charge in [0, 0.05) is 13.1 Å². The molecule has 9 nitrogen and oxygen atoms in total. The Balaban J connectivity index is 1.62. The van der Waals surface area contributed by atoms with Crippen LogP contribution in [0.2, 0.25) is 0 Å². The van der Waals surface area contributed by atoms with Crippen LogP contribution in [0.3, 0.4) is 0 Å². The number of nitrogen functional groups attached to an aromatic ring is 1. The van der Waals surface area contributed by atoms with Crippen LogP contribution in [0.4, 0.5) is 5.82 Å².